The molecule has 0 aromatic carbocycles. The van der Waals surface area contributed by atoms with E-state index in [1.54, 1.807) is 0 Å². The summed E-state index contributed by atoms with van der Waals surface area (Å²) < 4.78 is 0. The molecule has 1 amide bonds. The molecule has 0 bridgehead atoms. The van der Waals surface area contributed by atoms with Gasteiger partial charge in [-0.3, -0.25) is 15.1 Å². The van der Waals surface area contributed by atoms with Crippen molar-refractivity contribution in [1.29, 1.82) is 0 Å². The highest BCUT2D eigenvalue weighted by Crippen LogP contribution is 2.37. The lowest BCUT2D eigenvalue weighted by atomic mass is 9.93. The number of nitrogens with one attached hydrogen (secondary N) is 2. The number of carbonyl (C=O) groups is 1. The molecule has 2 N–H and O–H groups in total. The number of guanidine groups is 1. The van der Waals surface area contributed by atoms with E-state index in [1.807, 2.05) is 11.8 Å². The molecule has 5 heteroatoms. The zero-order chi connectivity index (χ0) is 11.8. The summed E-state index contributed by atoms with van der Waals surface area (Å²) in [6, 6.07) is 0. The predicted octanol–water partition coefficient (Wildman–Crippen LogP) is 0.982. The SMILES string of the molecule is CC(C)CN=C1NC(=O)C2(CCSC2C)N1. The lowest BCUT2D eigenvalue weighted by molar-refractivity contribution is -0.123. The number of thioether (sulfide) groups is 1. The van der Waals surface area contributed by atoms with Crippen LogP contribution in [0.4, 0.5) is 0 Å². The molecule has 16 heavy (non-hydrogen) atoms. The minimum Gasteiger partial charge on any atom is -0.341 e. The third-order valence-electron chi connectivity index (χ3n) is 3.15. The van der Waals surface area contributed by atoms with E-state index in [1.165, 1.54) is 0 Å². The van der Waals surface area contributed by atoms with Crippen molar-refractivity contribution < 1.29 is 4.79 Å². The largest absolute Gasteiger partial charge is 0.341 e. The summed E-state index contributed by atoms with van der Waals surface area (Å²) >= 11 is 1.85. The Balaban J connectivity index is 2.10. The molecule has 0 saturated carbocycles. The van der Waals surface area contributed by atoms with Crippen LogP contribution in [0.5, 0.6) is 0 Å². The van der Waals surface area contributed by atoms with Crippen LogP contribution in [0.2, 0.25) is 0 Å². The smallest absolute Gasteiger partial charge is 0.253 e. The number of hydrogen-bond donors (Lipinski definition) is 2. The molecule has 2 heterocycles. The highest BCUT2D eigenvalue weighted by atomic mass is 32.2. The van der Waals surface area contributed by atoms with Crippen molar-refractivity contribution in [2.75, 3.05) is 12.3 Å². The van der Waals surface area contributed by atoms with Gasteiger partial charge < -0.3 is 5.32 Å². The fourth-order valence-electron chi connectivity index (χ4n) is 2.08. The van der Waals surface area contributed by atoms with E-state index in [2.05, 4.69) is 36.4 Å². The van der Waals surface area contributed by atoms with Crippen LogP contribution in [0.25, 0.3) is 0 Å². The van der Waals surface area contributed by atoms with Crippen LogP contribution in [-0.4, -0.2) is 35.0 Å². The average Bonchev–Trinajstić information content (AvgIpc) is 2.72. The summed E-state index contributed by atoms with van der Waals surface area (Å²) in [6.07, 6.45) is 0.894. The van der Waals surface area contributed by atoms with Gasteiger partial charge in [-0.15, -0.1) is 0 Å². The minimum absolute atomic E-state index is 0.0903. The summed E-state index contributed by atoms with van der Waals surface area (Å²) in [7, 11) is 0. The Kier molecular flexibility index (Phi) is 3.15. The Bertz CT molecular complexity index is 329. The number of amides is 1. The van der Waals surface area contributed by atoms with Crippen LogP contribution >= 0.6 is 11.8 Å². The zero-order valence-electron chi connectivity index (χ0n) is 10.0. The van der Waals surface area contributed by atoms with Crippen LogP contribution in [0, 0.1) is 5.92 Å². The summed E-state index contributed by atoms with van der Waals surface area (Å²) in [6.45, 7) is 7.09. The summed E-state index contributed by atoms with van der Waals surface area (Å²) in [5.74, 6) is 2.30. The molecule has 2 unspecified atom stereocenters. The molecule has 0 aromatic heterocycles. The number of carbonyl (C=O) groups excluding carboxylic acids is 1. The van der Waals surface area contributed by atoms with Crippen molar-refractivity contribution >= 4 is 23.6 Å². The Morgan fingerprint density at radius 1 is 1.62 bits per heavy atom. The molecule has 2 rings (SSSR count). The molecule has 90 valence electrons. The zero-order valence-corrected chi connectivity index (χ0v) is 10.9. The van der Waals surface area contributed by atoms with E-state index >= 15 is 0 Å². The maximum Gasteiger partial charge on any atom is 0.253 e. The Labute approximate surface area is 101 Å². The van der Waals surface area contributed by atoms with Gasteiger partial charge in [0.2, 0.25) is 0 Å². The molecule has 2 aliphatic heterocycles. The van der Waals surface area contributed by atoms with Gasteiger partial charge in [0.05, 0.1) is 0 Å². The quantitative estimate of drug-likeness (QED) is 0.758. The van der Waals surface area contributed by atoms with Crippen LogP contribution < -0.4 is 10.6 Å². The van der Waals surface area contributed by atoms with E-state index in [0.29, 0.717) is 17.1 Å². The lowest BCUT2D eigenvalue weighted by Gasteiger charge is -2.24. The molecule has 2 saturated heterocycles. The topological polar surface area (TPSA) is 53.5 Å². The first-order valence-electron chi connectivity index (χ1n) is 5.80. The van der Waals surface area contributed by atoms with Gasteiger partial charge in [0.15, 0.2) is 5.96 Å². The van der Waals surface area contributed by atoms with E-state index in [4.69, 9.17) is 0 Å². The molecular weight excluding hydrogens is 222 g/mol. The van der Waals surface area contributed by atoms with Gasteiger partial charge in [0, 0.05) is 11.8 Å². The van der Waals surface area contributed by atoms with Gasteiger partial charge >= 0.3 is 0 Å². The van der Waals surface area contributed by atoms with Gasteiger partial charge in [-0.1, -0.05) is 20.8 Å². The maximum atomic E-state index is 12.0. The third kappa shape index (κ3) is 1.93. The first-order chi connectivity index (χ1) is 7.54. The van der Waals surface area contributed by atoms with Crippen LogP contribution in [0.15, 0.2) is 4.99 Å². The lowest BCUT2D eigenvalue weighted by Crippen LogP contribution is -2.51. The normalized spacial score (nSPS) is 36.1. The summed E-state index contributed by atoms with van der Waals surface area (Å²) in [5, 5.41) is 6.47. The van der Waals surface area contributed by atoms with E-state index in [0.717, 1.165) is 18.7 Å². The second kappa shape index (κ2) is 4.28. The fourth-order valence-corrected chi connectivity index (χ4v) is 3.44. The Hall–Kier alpha value is -0.710. The average molecular weight is 241 g/mol. The predicted molar refractivity (Wildman–Crippen MR) is 67.7 cm³/mol. The van der Waals surface area contributed by atoms with Gasteiger partial charge in [0.1, 0.15) is 5.54 Å². The first kappa shape index (κ1) is 11.8. The molecule has 0 aromatic rings. The van der Waals surface area contributed by atoms with Crippen molar-refractivity contribution in [1.82, 2.24) is 10.6 Å². The van der Waals surface area contributed by atoms with E-state index in [9.17, 15) is 4.79 Å². The number of aliphatic imine (C=N–C) groups is 1. The number of nitrogens with zero attached hydrogens (tertiary/aromatic N) is 1. The number of hydrogen-bond acceptors (Lipinski definition) is 3. The second-order valence-corrected chi connectivity index (χ2v) is 6.35. The van der Waals surface area contributed by atoms with Gasteiger partial charge in [0.25, 0.3) is 5.91 Å². The maximum absolute atomic E-state index is 12.0. The molecule has 2 fully saturated rings. The monoisotopic (exact) mass is 241 g/mol. The highest BCUT2D eigenvalue weighted by Gasteiger charge is 2.52. The van der Waals surface area contributed by atoms with Crippen molar-refractivity contribution in [2.45, 2.75) is 38.0 Å². The molecule has 2 atom stereocenters. The van der Waals surface area contributed by atoms with Crippen molar-refractivity contribution in [3.8, 4) is 0 Å². The molecular formula is C11H19N3OS. The fraction of sp³-hybridized carbons (Fsp3) is 0.818. The summed E-state index contributed by atoms with van der Waals surface area (Å²) in [5.41, 5.74) is -0.402. The van der Waals surface area contributed by atoms with Gasteiger partial charge in [-0.2, -0.15) is 11.8 Å². The Morgan fingerprint density at radius 3 is 2.94 bits per heavy atom. The molecule has 1 spiro atoms. The highest BCUT2D eigenvalue weighted by molar-refractivity contribution is 8.00. The number of rotatable bonds is 2. The summed E-state index contributed by atoms with van der Waals surface area (Å²) in [4.78, 5) is 16.4. The standard InChI is InChI=1S/C11H19N3OS/c1-7(2)6-12-10-13-9(15)11(14-10)4-5-16-8(11)3/h7-8H,4-6H2,1-3H3,(H2,12,13,14,15). The third-order valence-corrected chi connectivity index (χ3v) is 4.49. The molecule has 0 radical (unpaired) electrons. The van der Waals surface area contributed by atoms with Crippen molar-refractivity contribution in [2.24, 2.45) is 10.9 Å². The molecule has 4 nitrogen and oxygen atoms in total. The molecule has 0 aliphatic carbocycles. The van der Waals surface area contributed by atoms with E-state index < -0.39 is 5.54 Å². The van der Waals surface area contributed by atoms with Crippen LogP contribution in [0.3, 0.4) is 0 Å². The van der Waals surface area contributed by atoms with Crippen LogP contribution in [0.1, 0.15) is 27.2 Å². The van der Waals surface area contributed by atoms with Crippen LogP contribution in [-0.2, 0) is 4.79 Å². The Morgan fingerprint density at radius 2 is 2.38 bits per heavy atom. The van der Waals surface area contributed by atoms with Gasteiger partial charge in [-0.05, 0) is 18.1 Å². The van der Waals surface area contributed by atoms with Crippen molar-refractivity contribution in [3.05, 3.63) is 0 Å². The first-order valence-corrected chi connectivity index (χ1v) is 6.85. The second-order valence-electron chi connectivity index (χ2n) is 4.90. The van der Waals surface area contributed by atoms with Gasteiger partial charge in [-0.25, -0.2) is 0 Å². The molecule has 2 aliphatic rings. The van der Waals surface area contributed by atoms with Crippen molar-refractivity contribution in [3.63, 3.8) is 0 Å². The van der Waals surface area contributed by atoms with E-state index in [-0.39, 0.29) is 5.91 Å². The minimum atomic E-state index is -0.402.